The first-order valence-electron chi connectivity index (χ1n) is 13.9. The lowest BCUT2D eigenvalue weighted by molar-refractivity contribution is -0.130. The van der Waals surface area contributed by atoms with Gasteiger partial charge in [-0.1, -0.05) is 36.4 Å². The van der Waals surface area contributed by atoms with Gasteiger partial charge in [-0.05, 0) is 68.5 Å². The number of nitrogens with one attached hydrogen (secondary N) is 1. The molecule has 202 valence electrons. The highest BCUT2D eigenvalue weighted by atomic mass is 16.2. The van der Waals surface area contributed by atoms with Gasteiger partial charge in [-0.25, -0.2) is 0 Å². The number of benzene rings is 2. The standard InChI is InChI=1S/C31H41N5O2/c1-22-8-7-9-23(2)29(22)24-12-14-34(15-13-24)20-26-25-10-5-6-11-27(25)32-30(26)31(38)36-18-16-35(17-19-36)21-28(37)33(3)4/h5-11,24,32H,12-21H2,1-4H3. The van der Waals surface area contributed by atoms with Crippen LogP contribution in [-0.2, 0) is 11.3 Å². The zero-order chi connectivity index (χ0) is 26.8. The first-order chi connectivity index (χ1) is 18.3. The highest BCUT2D eigenvalue weighted by Crippen LogP contribution is 2.34. The molecule has 7 nitrogen and oxygen atoms in total. The highest BCUT2D eigenvalue weighted by Gasteiger charge is 2.29. The average Bonchev–Trinajstić information content (AvgIpc) is 3.27. The molecule has 0 saturated carbocycles. The number of nitrogens with zero attached hydrogens (tertiary/aromatic N) is 4. The Kier molecular flexibility index (Phi) is 7.86. The van der Waals surface area contributed by atoms with Crippen molar-refractivity contribution in [2.45, 2.75) is 39.2 Å². The number of amides is 2. The molecule has 38 heavy (non-hydrogen) atoms. The van der Waals surface area contributed by atoms with E-state index in [4.69, 9.17) is 0 Å². The van der Waals surface area contributed by atoms with E-state index in [1.54, 1.807) is 19.0 Å². The number of fused-ring (bicyclic) bond motifs is 1. The number of likely N-dealkylation sites (N-methyl/N-ethyl adjacent to an activating group) is 1. The number of carbonyl (C=O) groups excluding carboxylic acids is 2. The fourth-order valence-corrected chi connectivity index (χ4v) is 6.22. The predicted molar refractivity (Wildman–Crippen MR) is 153 cm³/mol. The van der Waals surface area contributed by atoms with Crippen LogP contribution in [0.1, 0.15) is 51.5 Å². The summed E-state index contributed by atoms with van der Waals surface area (Å²) >= 11 is 0. The van der Waals surface area contributed by atoms with E-state index in [-0.39, 0.29) is 11.8 Å². The van der Waals surface area contributed by atoms with Crippen molar-refractivity contribution in [2.24, 2.45) is 0 Å². The molecule has 2 amide bonds. The highest BCUT2D eigenvalue weighted by molar-refractivity contribution is 6.01. The van der Waals surface area contributed by atoms with E-state index in [1.807, 2.05) is 11.0 Å². The first kappa shape index (κ1) is 26.4. The summed E-state index contributed by atoms with van der Waals surface area (Å²) in [5.41, 5.74) is 7.19. The molecule has 1 aromatic heterocycles. The van der Waals surface area contributed by atoms with Crippen molar-refractivity contribution in [1.82, 2.24) is 24.6 Å². The maximum atomic E-state index is 13.8. The Morgan fingerprint density at radius 3 is 2.18 bits per heavy atom. The van der Waals surface area contributed by atoms with Gasteiger partial charge in [-0.2, -0.15) is 0 Å². The summed E-state index contributed by atoms with van der Waals surface area (Å²) in [6.07, 6.45) is 2.29. The Labute approximate surface area is 226 Å². The molecule has 0 atom stereocenters. The summed E-state index contributed by atoms with van der Waals surface area (Å²) in [5, 5.41) is 1.14. The number of carbonyl (C=O) groups is 2. The molecule has 0 spiro atoms. The van der Waals surface area contributed by atoms with Crippen LogP contribution in [0.4, 0.5) is 0 Å². The molecule has 0 radical (unpaired) electrons. The molecule has 2 aliphatic heterocycles. The van der Waals surface area contributed by atoms with Crippen LogP contribution < -0.4 is 0 Å². The number of aromatic nitrogens is 1. The van der Waals surface area contributed by atoms with Crippen LogP contribution >= 0.6 is 0 Å². The van der Waals surface area contributed by atoms with Gasteiger partial charge >= 0.3 is 0 Å². The van der Waals surface area contributed by atoms with Crippen molar-refractivity contribution in [1.29, 1.82) is 0 Å². The van der Waals surface area contributed by atoms with Crippen LogP contribution in [0.3, 0.4) is 0 Å². The Morgan fingerprint density at radius 1 is 0.868 bits per heavy atom. The van der Waals surface area contributed by atoms with Crippen molar-refractivity contribution < 1.29 is 9.59 Å². The van der Waals surface area contributed by atoms with Gasteiger partial charge in [0, 0.05) is 63.3 Å². The lowest BCUT2D eigenvalue weighted by atomic mass is 9.84. The fraction of sp³-hybridized carbons (Fsp3) is 0.484. The van der Waals surface area contributed by atoms with Crippen LogP contribution in [0.2, 0.25) is 0 Å². The van der Waals surface area contributed by atoms with Crippen LogP contribution in [-0.4, -0.2) is 96.3 Å². The smallest absolute Gasteiger partial charge is 0.270 e. The molecule has 2 aliphatic rings. The van der Waals surface area contributed by atoms with E-state index in [2.05, 4.69) is 65.0 Å². The number of para-hydroxylation sites is 1. The van der Waals surface area contributed by atoms with Gasteiger partial charge in [-0.15, -0.1) is 0 Å². The van der Waals surface area contributed by atoms with E-state index in [1.165, 1.54) is 16.7 Å². The van der Waals surface area contributed by atoms with E-state index < -0.39 is 0 Å². The predicted octanol–water partition coefficient (Wildman–Crippen LogP) is 4.01. The van der Waals surface area contributed by atoms with Crippen molar-refractivity contribution in [3.8, 4) is 0 Å². The van der Waals surface area contributed by atoms with Gasteiger partial charge in [0.15, 0.2) is 0 Å². The van der Waals surface area contributed by atoms with E-state index in [9.17, 15) is 9.59 Å². The molecule has 3 aromatic rings. The molecule has 0 bridgehead atoms. The third-order valence-corrected chi connectivity index (χ3v) is 8.46. The molecular formula is C31H41N5O2. The van der Waals surface area contributed by atoms with Gasteiger partial charge in [0.2, 0.25) is 5.91 Å². The third kappa shape index (κ3) is 5.49. The van der Waals surface area contributed by atoms with E-state index in [0.29, 0.717) is 38.6 Å². The van der Waals surface area contributed by atoms with Gasteiger partial charge in [0.1, 0.15) is 5.69 Å². The quantitative estimate of drug-likeness (QED) is 0.539. The minimum absolute atomic E-state index is 0.0696. The van der Waals surface area contributed by atoms with E-state index >= 15 is 0 Å². The van der Waals surface area contributed by atoms with Crippen LogP contribution in [0.5, 0.6) is 0 Å². The number of hydrogen-bond donors (Lipinski definition) is 1. The Balaban J connectivity index is 1.28. The maximum absolute atomic E-state index is 13.8. The minimum Gasteiger partial charge on any atom is -0.350 e. The number of aryl methyl sites for hydroxylation is 2. The average molecular weight is 516 g/mol. The molecule has 2 saturated heterocycles. The summed E-state index contributed by atoms with van der Waals surface area (Å²) in [7, 11) is 3.57. The summed E-state index contributed by atoms with van der Waals surface area (Å²) in [5.74, 6) is 0.774. The van der Waals surface area contributed by atoms with Gasteiger partial charge in [0.25, 0.3) is 5.91 Å². The monoisotopic (exact) mass is 515 g/mol. The maximum Gasteiger partial charge on any atom is 0.270 e. The number of piperidine rings is 1. The normalized spacial score (nSPS) is 17.7. The Bertz CT molecular complexity index is 1280. The molecule has 3 heterocycles. The number of likely N-dealkylation sites (tertiary alicyclic amines) is 1. The molecule has 5 rings (SSSR count). The number of H-pyrrole nitrogens is 1. The second-order valence-corrected chi connectivity index (χ2v) is 11.2. The summed E-state index contributed by atoms with van der Waals surface area (Å²) < 4.78 is 0. The molecule has 2 aromatic carbocycles. The largest absolute Gasteiger partial charge is 0.350 e. The van der Waals surface area contributed by atoms with Crippen molar-refractivity contribution >= 4 is 22.7 Å². The zero-order valence-corrected chi connectivity index (χ0v) is 23.3. The Morgan fingerprint density at radius 2 is 1.53 bits per heavy atom. The van der Waals surface area contributed by atoms with Crippen LogP contribution in [0.15, 0.2) is 42.5 Å². The number of aromatic amines is 1. The molecule has 2 fully saturated rings. The van der Waals surface area contributed by atoms with Gasteiger partial charge in [0.05, 0.1) is 6.54 Å². The molecular weight excluding hydrogens is 474 g/mol. The number of hydrogen-bond acceptors (Lipinski definition) is 4. The zero-order valence-electron chi connectivity index (χ0n) is 23.3. The lowest BCUT2D eigenvalue weighted by Crippen LogP contribution is -2.51. The lowest BCUT2D eigenvalue weighted by Gasteiger charge is -2.35. The minimum atomic E-state index is 0.0696. The van der Waals surface area contributed by atoms with Gasteiger partial charge in [-0.3, -0.25) is 19.4 Å². The summed E-state index contributed by atoms with van der Waals surface area (Å²) in [6, 6.07) is 14.9. The molecule has 7 heteroatoms. The van der Waals surface area contributed by atoms with E-state index in [0.717, 1.165) is 54.6 Å². The second kappa shape index (κ2) is 11.3. The van der Waals surface area contributed by atoms with Crippen molar-refractivity contribution in [3.63, 3.8) is 0 Å². The third-order valence-electron chi connectivity index (χ3n) is 8.46. The van der Waals surface area contributed by atoms with Gasteiger partial charge < -0.3 is 14.8 Å². The second-order valence-electron chi connectivity index (χ2n) is 11.2. The van der Waals surface area contributed by atoms with Crippen LogP contribution in [0, 0.1) is 13.8 Å². The molecule has 0 aliphatic carbocycles. The Hall–Kier alpha value is -3.16. The molecule has 1 N–H and O–H groups in total. The van der Waals surface area contributed by atoms with Crippen molar-refractivity contribution in [2.75, 3.05) is 59.9 Å². The number of piperazine rings is 1. The molecule has 0 unspecified atom stereocenters. The SMILES string of the molecule is Cc1cccc(C)c1C1CCN(Cc2c(C(=O)N3CCN(CC(=O)N(C)C)CC3)[nH]c3ccccc23)CC1. The fourth-order valence-electron chi connectivity index (χ4n) is 6.22. The summed E-state index contributed by atoms with van der Waals surface area (Å²) in [6.45, 7) is 10.4. The summed E-state index contributed by atoms with van der Waals surface area (Å²) in [4.78, 5) is 37.6. The first-order valence-corrected chi connectivity index (χ1v) is 13.9. The van der Waals surface area contributed by atoms with Crippen molar-refractivity contribution in [3.05, 3.63) is 70.4 Å². The number of rotatable bonds is 6. The van der Waals surface area contributed by atoms with Crippen LogP contribution in [0.25, 0.3) is 10.9 Å². The topological polar surface area (TPSA) is 62.9 Å².